The van der Waals surface area contributed by atoms with E-state index in [0.29, 0.717) is 0 Å². The van der Waals surface area contributed by atoms with Crippen molar-refractivity contribution < 1.29 is 19.1 Å². The van der Waals surface area contributed by atoms with Gasteiger partial charge in [0.2, 0.25) is 0 Å². The normalized spacial score (nSPS) is 10.3. The van der Waals surface area contributed by atoms with E-state index in [1.807, 2.05) is 11.8 Å². The van der Waals surface area contributed by atoms with E-state index in [1.54, 1.807) is 0 Å². The molecule has 0 aromatic heterocycles. The molecule has 0 rings (SSSR count). The molecule has 0 unspecified atom stereocenters. The highest BCUT2D eigenvalue weighted by molar-refractivity contribution is 6.06. The Hall–Kier alpha value is -2.20. The molecule has 72 valence electrons. The number of ether oxygens (including phenoxy) is 2. The zero-order valence-electron chi connectivity index (χ0n) is 7.79. The number of rotatable bonds is 2. The van der Waals surface area contributed by atoms with Crippen LogP contribution in [0.1, 0.15) is 0 Å². The predicted molar refractivity (Wildman–Crippen MR) is 48.7 cm³/mol. The van der Waals surface area contributed by atoms with E-state index >= 15 is 0 Å². The molecule has 0 heterocycles. The van der Waals surface area contributed by atoms with Crippen LogP contribution in [0.2, 0.25) is 0 Å². The summed E-state index contributed by atoms with van der Waals surface area (Å²) in [5.41, 5.74) is -0.635. The predicted octanol–water partition coefficient (Wildman–Crippen LogP) is -0.105. The molecule has 0 aromatic carbocycles. The molecule has 0 amide bonds. The Balaban J connectivity index is 5.40. The molecule has 0 N–H and O–H groups in total. The van der Waals surface area contributed by atoms with E-state index in [4.69, 9.17) is 12.8 Å². The van der Waals surface area contributed by atoms with Crippen molar-refractivity contribution in [1.29, 1.82) is 0 Å². The van der Waals surface area contributed by atoms with Crippen molar-refractivity contribution in [3.05, 3.63) is 11.1 Å². The number of esters is 2. The van der Waals surface area contributed by atoms with Crippen molar-refractivity contribution in [2.24, 2.45) is 0 Å². The molecule has 0 bridgehead atoms. The van der Waals surface area contributed by atoms with Crippen LogP contribution < -0.4 is 0 Å². The van der Waals surface area contributed by atoms with Crippen LogP contribution in [-0.4, -0.2) is 26.2 Å². The summed E-state index contributed by atoms with van der Waals surface area (Å²) in [7, 11) is 2.26. The van der Waals surface area contributed by atoms with Gasteiger partial charge in [-0.3, -0.25) is 0 Å². The maximum absolute atomic E-state index is 11.0. The fourth-order valence-electron chi connectivity index (χ4n) is 0.670. The largest absolute Gasteiger partial charge is 0.465 e. The number of methoxy groups -OCH3 is 2. The van der Waals surface area contributed by atoms with Gasteiger partial charge in [-0.05, 0) is 0 Å². The van der Waals surface area contributed by atoms with Gasteiger partial charge in [0.05, 0.1) is 14.2 Å². The number of carbonyl (C=O) groups is 2. The van der Waals surface area contributed by atoms with Crippen molar-refractivity contribution >= 4 is 11.9 Å². The fraction of sp³-hybridized carbons (Fsp3) is 0.200. The van der Waals surface area contributed by atoms with Crippen molar-refractivity contribution in [2.75, 3.05) is 14.2 Å². The van der Waals surface area contributed by atoms with E-state index in [0.717, 1.165) is 14.2 Å². The van der Waals surface area contributed by atoms with Gasteiger partial charge < -0.3 is 9.47 Å². The number of carbonyl (C=O) groups excluding carboxylic acids is 2. The molecule has 0 aliphatic carbocycles. The van der Waals surface area contributed by atoms with Gasteiger partial charge in [-0.15, -0.1) is 12.8 Å². The minimum atomic E-state index is -0.842. The lowest BCUT2D eigenvalue weighted by atomic mass is 10.1. The third-order valence-electron chi connectivity index (χ3n) is 1.32. The minimum Gasteiger partial charge on any atom is -0.465 e. The molecule has 0 saturated heterocycles. The summed E-state index contributed by atoms with van der Waals surface area (Å²) in [5, 5.41) is 0. The van der Waals surface area contributed by atoms with Gasteiger partial charge in [-0.1, -0.05) is 11.8 Å². The van der Waals surface area contributed by atoms with Gasteiger partial charge >= 0.3 is 11.9 Å². The highest BCUT2D eigenvalue weighted by Crippen LogP contribution is 2.06. The molecule has 0 aliphatic heterocycles. The van der Waals surface area contributed by atoms with Crippen molar-refractivity contribution in [3.8, 4) is 24.7 Å². The Morgan fingerprint density at radius 2 is 1.21 bits per heavy atom. The van der Waals surface area contributed by atoms with Gasteiger partial charge in [-0.2, -0.15) is 0 Å². The third kappa shape index (κ3) is 2.40. The zero-order chi connectivity index (χ0) is 11.1. The first-order valence-corrected chi connectivity index (χ1v) is 3.46. The van der Waals surface area contributed by atoms with Crippen LogP contribution in [0.15, 0.2) is 11.1 Å². The summed E-state index contributed by atoms with van der Waals surface area (Å²) in [5.74, 6) is 2.28. The van der Waals surface area contributed by atoms with E-state index in [1.165, 1.54) is 0 Å². The van der Waals surface area contributed by atoms with E-state index in [2.05, 4.69) is 9.47 Å². The molecule has 0 saturated carbocycles. The first kappa shape index (κ1) is 11.8. The van der Waals surface area contributed by atoms with Crippen LogP contribution in [0.25, 0.3) is 0 Å². The average Bonchev–Trinajstić information content (AvgIpc) is 2.23. The van der Waals surface area contributed by atoms with Crippen LogP contribution in [-0.2, 0) is 19.1 Å². The SMILES string of the molecule is C#C/C(C(=O)OC)=C(/C#C)C(=O)OC. The first-order chi connectivity index (χ1) is 6.62. The minimum absolute atomic E-state index is 0.318. The van der Waals surface area contributed by atoms with Gasteiger partial charge in [0, 0.05) is 0 Å². The summed E-state index contributed by atoms with van der Waals surface area (Å²) in [6.07, 6.45) is 10.0. The lowest BCUT2D eigenvalue weighted by Gasteiger charge is -2.01. The Morgan fingerprint density at radius 1 is 0.929 bits per heavy atom. The molecular formula is C10H8O4. The molecule has 4 nitrogen and oxygen atoms in total. The van der Waals surface area contributed by atoms with Crippen molar-refractivity contribution in [1.82, 2.24) is 0 Å². The van der Waals surface area contributed by atoms with E-state index in [-0.39, 0.29) is 11.1 Å². The standard InChI is InChI=1S/C10H8O4/c1-5-7(9(11)13-3)8(6-2)10(12)14-4/h1-2H,3-4H3/b8-7+. The lowest BCUT2D eigenvalue weighted by molar-refractivity contribution is -0.138. The maximum atomic E-state index is 11.0. The molecule has 0 aliphatic rings. The van der Waals surface area contributed by atoms with Gasteiger partial charge in [0.25, 0.3) is 0 Å². The van der Waals surface area contributed by atoms with Crippen molar-refractivity contribution in [2.45, 2.75) is 0 Å². The molecule has 14 heavy (non-hydrogen) atoms. The second kappa shape index (κ2) is 5.45. The molecule has 4 heteroatoms. The summed E-state index contributed by atoms with van der Waals surface area (Å²) < 4.78 is 8.68. The molecular weight excluding hydrogens is 184 g/mol. The van der Waals surface area contributed by atoms with Crippen molar-refractivity contribution in [3.63, 3.8) is 0 Å². The summed E-state index contributed by atoms with van der Waals surface area (Å²) in [6.45, 7) is 0. The Labute approximate surface area is 81.9 Å². The van der Waals surface area contributed by atoms with Gasteiger partial charge in [-0.25, -0.2) is 9.59 Å². The smallest absolute Gasteiger partial charge is 0.347 e. The lowest BCUT2D eigenvalue weighted by Crippen LogP contribution is -2.12. The molecule has 0 atom stereocenters. The molecule has 0 spiro atoms. The van der Waals surface area contributed by atoms with Crippen LogP contribution in [0.3, 0.4) is 0 Å². The van der Waals surface area contributed by atoms with E-state index in [9.17, 15) is 9.59 Å². The van der Waals surface area contributed by atoms with Crippen LogP contribution in [0.4, 0.5) is 0 Å². The number of hydrogen-bond acceptors (Lipinski definition) is 4. The number of terminal acetylenes is 2. The Morgan fingerprint density at radius 3 is 1.36 bits per heavy atom. The second-order valence-corrected chi connectivity index (χ2v) is 2.02. The van der Waals surface area contributed by atoms with Crippen LogP contribution in [0.5, 0.6) is 0 Å². The Kier molecular flexibility index (Phi) is 4.59. The highest BCUT2D eigenvalue weighted by atomic mass is 16.5. The Bertz CT molecular complexity index is 327. The molecule has 0 aromatic rings. The second-order valence-electron chi connectivity index (χ2n) is 2.02. The van der Waals surface area contributed by atoms with Gasteiger partial charge in [0.15, 0.2) is 0 Å². The summed E-state index contributed by atoms with van der Waals surface area (Å²) in [4.78, 5) is 22.1. The summed E-state index contributed by atoms with van der Waals surface area (Å²) in [6, 6.07) is 0. The average molecular weight is 192 g/mol. The fourth-order valence-corrected chi connectivity index (χ4v) is 0.670. The maximum Gasteiger partial charge on any atom is 0.347 e. The zero-order valence-corrected chi connectivity index (χ0v) is 7.79. The summed E-state index contributed by atoms with van der Waals surface area (Å²) >= 11 is 0. The molecule has 0 radical (unpaired) electrons. The third-order valence-corrected chi connectivity index (χ3v) is 1.32. The van der Waals surface area contributed by atoms with E-state index < -0.39 is 11.9 Å². The van der Waals surface area contributed by atoms with Crippen LogP contribution in [0, 0.1) is 24.7 Å². The first-order valence-electron chi connectivity index (χ1n) is 3.46. The number of hydrogen-bond donors (Lipinski definition) is 0. The quantitative estimate of drug-likeness (QED) is 0.348. The van der Waals surface area contributed by atoms with Gasteiger partial charge in [0.1, 0.15) is 11.1 Å². The van der Waals surface area contributed by atoms with Crippen LogP contribution >= 0.6 is 0 Å². The topological polar surface area (TPSA) is 52.6 Å². The molecule has 0 fully saturated rings. The highest BCUT2D eigenvalue weighted by Gasteiger charge is 2.18. The monoisotopic (exact) mass is 192 g/mol.